The van der Waals surface area contributed by atoms with E-state index in [1.807, 2.05) is 19.9 Å². The van der Waals surface area contributed by atoms with E-state index >= 15 is 0 Å². The predicted octanol–water partition coefficient (Wildman–Crippen LogP) is 3.40. The van der Waals surface area contributed by atoms with Gasteiger partial charge in [-0.05, 0) is 43.7 Å². The zero-order chi connectivity index (χ0) is 30.9. The smallest absolute Gasteiger partial charge is 0.162 e. The van der Waals surface area contributed by atoms with Crippen LogP contribution in [0.3, 0.4) is 0 Å². The Balaban J connectivity index is 0. The molecule has 12 heteroatoms. The third-order valence-corrected chi connectivity index (χ3v) is 4.68. The highest BCUT2D eigenvalue weighted by Crippen LogP contribution is 2.30. The molecule has 0 saturated carbocycles. The van der Waals surface area contributed by atoms with Crippen molar-refractivity contribution in [2.24, 2.45) is 5.73 Å². The highest BCUT2D eigenvalue weighted by Gasteiger charge is 2.15. The topological polar surface area (TPSA) is 155 Å². The number of nitrogens with zero attached hydrogens (tertiary/aromatic N) is 1. The lowest BCUT2D eigenvalue weighted by molar-refractivity contribution is 0.310. The van der Waals surface area contributed by atoms with Crippen molar-refractivity contribution in [3.63, 3.8) is 0 Å². The van der Waals surface area contributed by atoms with Crippen LogP contribution in [0.2, 0.25) is 0 Å². The Morgan fingerprint density at radius 2 is 1.35 bits per heavy atom. The largest absolute Gasteiger partial charge is 0.493 e. The minimum atomic E-state index is -3.36. The summed E-state index contributed by atoms with van der Waals surface area (Å²) < 4.78 is 76.5. The second kappa shape index (κ2) is 17.4. The van der Waals surface area contributed by atoms with Crippen molar-refractivity contribution in [1.29, 1.82) is 5.26 Å². The maximum Gasteiger partial charge on any atom is 0.162 e. The van der Waals surface area contributed by atoms with Gasteiger partial charge >= 0.3 is 0 Å². The fraction of sp³-hybridized carbons (Fsp3) is 0.480. The molecule has 0 spiro atoms. The van der Waals surface area contributed by atoms with Crippen LogP contribution in [0.5, 0.6) is 23.0 Å². The highest BCUT2D eigenvalue weighted by atomic mass is 32.2. The quantitative estimate of drug-likeness (QED) is 0.481. The molecule has 0 aliphatic carbocycles. The molecule has 0 aliphatic rings. The molecule has 0 aliphatic heterocycles. The van der Waals surface area contributed by atoms with Crippen molar-refractivity contribution in [3.8, 4) is 29.1 Å². The third-order valence-electron chi connectivity index (χ3n) is 3.84. The summed E-state index contributed by atoms with van der Waals surface area (Å²) in [5, 5.41) is 8.65. The van der Waals surface area contributed by atoms with Crippen molar-refractivity contribution >= 4 is 19.7 Å². The molecular formula is C25H40N2O8S2. The lowest BCUT2D eigenvalue weighted by Crippen LogP contribution is -2.20. The molecule has 1 atom stereocenters. The van der Waals surface area contributed by atoms with Crippen molar-refractivity contribution in [2.45, 2.75) is 27.3 Å². The van der Waals surface area contributed by atoms with Crippen LogP contribution in [-0.2, 0) is 19.7 Å². The van der Waals surface area contributed by atoms with Crippen molar-refractivity contribution in [2.75, 3.05) is 52.0 Å². The van der Waals surface area contributed by atoms with E-state index in [-0.39, 0.29) is 0 Å². The highest BCUT2D eigenvalue weighted by molar-refractivity contribution is 7.90. The zero-order valence-electron chi connectivity index (χ0n) is 24.7. The fourth-order valence-corrected chi connectivity index (χ4v) is 3.26. The standard InChI is InChI=1S/C12H19NO4S.C10H11NO2.C2H6O2S.CH4/c1-4-17-12-7-9(5-6-11(12)16-2)10(13)8-18(3,14)15;1-3-13-10-6-8(7-11)4-5-9(10)12-2;1-5(2,3)4;/h5-7,10H,4,8,13H2,1-3H3;4-6H,3H2,1-2H3;1-2H3;1H4/i10D;;;1D. The molecule has 0 radical (unpaired) electrons. The number of methoxy groups -OCH3 is 2. The van der Waals surface area contributed by atoms with Crippen molar-refractivity contribution < 1.29 is 38.5 Å². The third kappa shape index (κ3) is 16.4. The van der Waals surface area contributed by atoms with E-state index in [9.17, 15) is 16.8 Å². The number of sulfone groups is 2. The summed E-state index contributed by atoms with van der Waals surface area (Å²) >= 11 is 0. The summed E-state index contributed by atoms with van der Waals surface area (Å²) in [6.07, 6.45) is 3.37. The molecule has 0 heterocycles. The Morgan fingerprint density at radius 3 is 1.73 bits per heavy atom. The molecule has 2 aromatic carbocycles. The van der Waals surface area contributed by atoms with Gasteiger partial charge in [0.15, 0.2) is 23.0 Å². The van der Waals surface area contributed by atoms with Gasteiger partial charge in [-0.25, -0.2) is 16.8 Å². The van der Waals surface area contributed by atoms with Gasteiger partial charge in [-0.2, -0.15) is 5.26 Å². The number of nitriles is 1. The second-order valence-corrected chi connectivity index (χ2v) is 11.9. The number of benzene rings is 2. The molecule has 210 valence electrons. The van der Waals surface area contributed by atoms with E-state index in [1.165, 1.54) is 14.5 Å². The molecule has 0 amide bonds. The van der Waals surface area contributed by atoms with Gasteiger partial charge in [-0.15, -0.1) is 0 Å². The number of hydrogen-bond acceptors (Lipinski definition) is 10. The molecule has 1 unspecified atom stereocenters. The molecule has 0 aromatic heterocycles. The summed E-state index contributed by atoms with van der Waals surface area (Å²) in [4.78, 5) is 0. The summed E-state index contributed by atoms with van der Waals surface area (Å²) in [6.45, 7) is 4.70. The Labute approximate surface area is 224 Å². The van der Waals surface area contributed by atoms with E-state index in [0.29, 0.717) is 47.3 Å². The van der Waals surface area contributed by atoms with Gasteiger partial charge in [0, 0.05) is 32.2 Å². The van der Waals surface area contributed by atoms with Gasteiger partial charge in [0.2, 0.25) is 0 Å². The predicted molar refractivity (Wildman–Crippen MR) is 147 cm³/mol. The second-order valence-electron chi connectivity index (χ2n) is 7.45. The Kier molecular flexibility index (Phi) is 15.1. The average Bonchev–Trinajstić information content (AvgIpc) is 2.83. The van der Waals surface area contributed by atoms with Gasteiger partial charge < -0.3 is 24.7 Å². The Hall–Kier alpha value is -3.01. The lowest BCUT2D eigenvalue weighted by Gasteiger charge is -2.15. The van der Waals surface area contributed by atoms with E-state index < -0.39 is 31.4 Å². The summed E-state index contributed by atoms with van der Waals surface area (Å²) in [5.41, 5.74) is 6.71. The van der Waals surface area contributed by atoms with Crippen LogP contribution in [-0.4, -0.2) is 68.8 Å². The molecule has 2 aromatic rings. The molecule has 0 fully saturated rings. The fourth-order valence-electron chi connectivity index (χ4n) is 2.53. The Morgan fingerprint density at radius 1 is 0.919 bits per heavy atom. The van der Waals surface area contributed by atoms with E-state index in [2.05, 4.69) is 0 Å². The van der Waals surface area contributed by atoms with Crippen molar-refractivity contribution in [3.05, 3.63) is 47.5 Å². The molecular weight excluding hydrogens is 520 g/mol. The lowest BCUT2D eigenvalue weighted by atomic mass is 10.1. The monoisotopic (exact) mass is 562 g/mol. The average molecular weight is 563 g/mol. The molecule has 2 rings (SSSR count). The number of nitrogens with two attached hydrogens (primary N) is 1. The summed E-state index contributed by atoms with van der Waals surface area (Å²) in [6, 6.07) is 10.1. The van der Waals surface area contributed by atoms with Crippen molar-refractivity contribution in [1.82, 2.24) is 0 Å². The Bertz CT molecular complexity index is 1260. The number of rotatable bonds is 9. The first kappa shape index (κ1) is 32.0. The zero-order valence-corrected chi connectivity index (χ0v) is 24.3. The number of ether oxygens (including phenoxy) is 4. The van der Waals surface area contributed by atoms with Crippen LogP contribution < -0.4 is 24.7 Å². The minimum Gasteiger partial charge on any atom is -0.493 e. The molecule has 0 saturated heterocycles. The van der Waals surface area contributed by atoms with Gasteiger partial charge in [0.25, 0.3) is 0 Å². The van der Waals surface area contributed by atoms with Crippen LogP contribution in [0.1, 0.15) is 41.1 Å². The molecule has 37 heavy (non-hydrogen) atoms. The van der Waals surface area contributed by atoms with Crippen LogP contribution in [0, 0.1) is 11.3 Å². The molecule has 10 nitrogen and oxygen atoms in total. The van der Waals surface area contributed by atoms with Gasteiger partial charge in [-0.1, -0.05) is 13.5 Å². The SMILES string of the molecule is CCOc1cc(C#N)ccc1OC.CS(C)(=O)=O.[2H]C.[2H]C(N)(CS(C)(=O)=O)c1ccc(OC)c(OCC)c1. The molecule has 2 N–H and O–H groups in total. The maximum absolute atomic E-state index is 11.3. The van der Waals surface area contributed by atoms with Gasteiger partial charge in [-0.3, -0.25) is 0 Å². The minimum absolute atomic E-state index is 0.363. The van der Waals surface area contributed by atoms with Crippen LogP contribution in [0.15, 0.2) is 36.4 Å². The first-order valence-electron chi connectivity index (χ1n) is 12.1. The van der Waals surface area contributed by atoms with E-state index in [4.69, 9.17) is 32.7 Å². The summed E-state index contributed by atoms with van der Waals surface area (Å²) in [7, 11) is -1.69. The van der Waals surface area contributed by atoms with Crippen LogP contribution in [0.4, 0.5) is 0 Å². The van der Waals surface area contributed by atoms with Gasteiger partial charge in [0.1, 0.15) is 19.7 Å². The maximum atomic E-state index is 11.3. The van der Waals surface area contributed by atoms with Crippen LogP contribution in [0.25, 0.3) is 0 Å². The normalized spacial score (nSPS) is 12.5. The molecule has 0 bridgehead atoms. The van der Waals surface area contributed by atoms with E-state index in [0.717, 1.165) is 18.8 Å². The summed E-state index contributed by atoms with van der Waals surface area (Å²) in [5.74, 6) is 1.77. The van der Waals surface area contributed by atoms with E-state index in [1.54, 1.807) is 43.5 Å². The first-order valence-corrected chi connectivity index (χ1v) is 15.0. The van der Waals surface area contributed by atoms with Crippen LogP contribution >= 0.6 is 0 Å². The first-order chi connectivity index (χ1) is 18.0. The van der Waals surface area contributed by atoms with Gasteiger partial charge in [0.05, 0.1) is 46.2 Å². The number of hydrogen-bond donors (Lipinski definition) is 1.